The van der Waals surface area contributed by atoms with Gasteiger partial charge in [0.15, 0.2) is 0 Å². The molecule has 1 aliphatic rings. The van der Waals surface area contributed by atoms with Crippen molar-refractivity contribution in [2.75, 3.05) is 27.8 Å². The maximum absolute atomic E-state index is 6.25. The topological polar surface area (TPSA) is 34.6 Å². The summed E-state index contributed by atoms with van der Waals surface area (Å²) in [6.45, 7) is 0.672. The zero-order valence-corrected chi connectivity index (χ0v) is 15.7. The molecule has 1 aromatic heterocycles. The quantitative estimate of drug-likeness (QED) is 0.711. The van der Waals surface area contributed by atoms with E-state index in [0.29, 0.717) is 11.8 Å². The van der Waals surface area contributed by atoms with Crippen LogP contribution in [-0.2, 0) is 0 Å². The van der Waals surface area contributed by atoms with E-state index < -0.39 is 0 Å². The summed E-state index contributed by atoms with van der Waals surface area (Å²) in [5.74, 6) is 1.56. The number of likely N-dealkylation sites (N-methyl/N-ethyl adjacent to an activating group) is 1. The van der Waals surface area contributed by atoms with E-state index in [1.165, 1.54) is 12.8 Å². The molecule has 0 unspecified atom stereocenters. The summed E-state index contributed by atoms with van der Waals surface area (Å²) in [7, 11) is 5.84. The summed E-state index contributed by atoms with van der Waals surface area (Å²) in [6, 6.07) is 9.69. The number of halogens is 2. The number of hydrogen-bond donors (Lipinski definition) is 0. The van der Waals surface area contributed by atoms with Gasteiger partial charge in [0, 0.05) is 5.56 Å². The molecule has 0 bridgehead atoms. The Kier molecular flexibility index (Phi) is 5.97. The van der Waals surface area contributed by atoms with Crippen molar-refractivity contribution >= 4 is 24.0 Å². The predicted molar refractivity (Wildman–Crippen MR) is 99.6 cm³/mol. The predicted octanol–water partition coefficient (Wildman–Crippen LogP) is 4.31. The van der Waals surface area contributed by atoms with Gasteiger partial charge in [-0.1, -0.05) is 23.7 Å². The molecule has 1 aromatic carbocycles. The van der Waals surface area contributed by atoms with Gasteiger partial charge in [-0.05, 0) is 50.7 Å². The second-order valence-electron chi connectivity index (χ2n) is 6.15. The van der Waals surface area contributed by atoms with Gasteiger partial charge in [-0.25, -0.2) is 4.98 Å². The van der Waals surface area contributed by atoms with E-state index >= 15 is 0 Å². The van der Waals surface area contributed by atoms with Gasteiger partial charge in [0.2, 0.25) is 0 Å². The van der Waals surface area contributed by atoms with Gasteiger partial charge in [0.1, 0.15) is 23.3 Å². The lowest BCUT2D eigenvalue weighted by Crippen LogP contribution is -2.35. The van der Waals surface area contributed by atoms with Crippen LogP contribution in [0.5, 0.6) is 11.5 Å². The number of ether oxygens (including phenoxy) is 2. The Hall–Kier alpha value is -1.49. The number of nitrogens with zero attached hydrogens (tertiary/aromatic N) is 2. The van der Waals surface area contributed by atoms with Crippen molar-refractivity contribution < 1.29 is 9.47 Å². The molecule has 2 aromatic rings. The molecule has 1 saturated carbocycles. The maximum Gasteiger partial charge on any atom is 0.138 e. The van der Waals surface area contributed by atoms with Crippen LogP contribution in [0.2, 0.25) is 5.15 Å². The lowest BCUT2D eigenvalue weighted by Gasteiger charge is -2.23. The van der Waals surface area contributed by atoms with E-state index in [9.17, 15) is 0 Å². The first-order valence-corrected chi connectivity index (χ1v) is 8.02. The van der Waals surface area contributed by atoms with Crippen molar-refractivity contribution in [1.82, 2.24) is 9.88 Å². The van der Waals surface area contributed by atoms with Crippen molar-refractivity contribution in [2.45, 2.75) is 18.4 Å². The van der Waals surface area contributed by atoms with Gasteiger partial charge in [-0.15, -0.1) is 12.4 Å². The molecule has 4 nitrogen and oxygen atoms in total. The molecule has 0 aliphatic heterocycles. The summed E-state index contributed by atoms with van der Waals surface area (Å²) in [4.78, 5) is 6.50. The maximum atomic E-state index is 6.25. The standard InChI is InChI=1S/C18H21ClN2O2.ClH/c1-21(2)18(8-9-18)12-23-15-10-16(17(19)20-11-15)13-4-6-14(22-3)7-5-13;/h4-7,10-11H,8-9,12H2,1-3H3;1H. The third-order valence-corrected chi connectivity index (χ3v) is 4.80. The molecule has 0 N–H and O–H groups in total. The molecule has 0 radical (unpaired) electrons. The zero-order chi connectivity index (χ0) is 16.4. The fourth-order valence-electron chi connectivity index (χ4n) is 2.56. The summed E-state index contributed by atoms with van der Waals surface area (Å²) < 4.78 is 11.2. The van der Waals surface area contributed by atoms with E-state index in [-0.39, 0.29) is 17.9 Å². The smallest absolute Gasteiger partial charge is 0.138 e. The fourth-order valence-corrected chi connectivity index (χ4v) is 2.78. The highest BCUT2D eigenvalue weighted by Crippen LogP contribution is 2.40. The second-order valence-corrected chi connectivity index (χ2v) is 6.50. The molecule has 1 heterocycles. The first-order chi connectivity index (χ1) is 11.0. The van der Waals surface area contributed by atoms with Crippen LogP contribution in [0.3, 0.4) is 0 Å². The number of rotatable bonds is 6. The number of pyridine rings is 1. The zero-order valence-electron chi connectivity index (χ0n) is 14.1. The van der Waals surface area contributed by atoms with Crippen molar-refractivity contribution in [3.8, 4) is 22.6 Å². The van der Waals surface area contributed by atoms with Gasteiger partial charge in [0.05, 0.1) is 18.8 Å². The average molecular weight is 369 g/mol. The van der Waals surface area contributed by atoms with E-state index in [1.54, 1.807) is 13.3 Å². The van der Waals surface area contributed by atoms with Gasteiger partial charge in [0.25, 0.3) is 0 Å². The molecule has 0 spiro atoms. The SMILES string of the molecule is COc1ccc(-c2cc(OCC3(N(C)C)CC3)cnc2Cl)cc1.Cl. The summed E-state index contributed by atoms with van der Waals surface area (Å²) in [6.07, 6.45) is 4.03. The molecule has 1 fully saturated rings. The normalized spacial score (nSPS) is 14.9. The lowest BCUT2D eigenvalue weighted by atomic mass is 10.1. The molecule has 24 heavy (non-hydrogen) atoms. The van der Waals surface area contributed by atoms with Gasteiger partial charge < -0.3 is 14.4 Å². The van der Waals surface area contributed by atoms with Crippen LogP contribution in [0.4, 0.5) is 0 Å². The van der Waals surface area contributed by atoms with E-state index in [0.717, 1.165) is 22.6 Å². The van der Waals surface area contributed by atoms with Crippen LogP contribution in [0.15, 0.2) is 36.5 Å². The summed E-state index contributed by atoms with van der Waals surface area (Å²) >= 11 is 6.25. The molecule has 130 valence electrons. The van der Waals surface area contributed by atoms with Crippen LogP contribution in [-0.4, -0.2) is 43.2 Å². The Morgan fingerprint density at radius 3 is 2.38 bits per heavy atom. The molecule has 0 saturated heterocycles. The number of hydrogen-bond acceptors (Lipinski definition) is 4. The Balaban J connectivity index is 0.00000208. The highest BCUT2D eigenvalue weighted by Gasteiger charge is 2.45. The van der Waals surface area contributed by atoms with Crippen molar-refractivity contribution in [3.63, 3.8) is 0 Å². The molecular formula is C18H22Cl2N2O2. The van der Waals surface area contributed by atoms with Crippen LogP contribution in [0.1, 0.15) is 12.8 Å². The van der Waals surface area contributed by atoms with Gasteiger partial charge in [-0.3, -0.25) is 0 Å². The number of aromatic nitrogens is 1. The minimum Gasteiger partial charge on any atom is -0.497 e. The monoisotopic (exact) mass is 368 g/mol. The van der Waals surface area contributed by atoms with Crippen LogP contribution in [0.25, 0.3) is 11.1 Å². The Morgan fingerprint density at radius 2 is 1.83 bits per heavy atom. The van der Waals surface area contributed by atoms with E-state index in [4.69, 9.17) is 21.1 Å². The second kappa shape index (κ2) is 7.60. The Morgan fingerprint density at radius 1 is 1.17 bits per heavy atom. The molecule has 0 amide bonds. The number of methoxy groups -OCH3 is 1. The first kappa shape index (κ1) is 18.8. The first-order valence-electron chi connectivity index (χ1n) is 7.64. The van der Waals surface area contributed by atoms with Crippen LogP contribution in [0, 0.1) is 0 Å². The number of benzene rings is 1. The van der Waals surface area contributed by atoms with Gasteiger partial charge in [-0.2, -0.15) is 0 Å². The average Bonchev–Trinajstić information content (AvgIpc) is 3.36. The summed E-state index contributed by atoms with van der Waals surface area (Å²) in [5.41, 5.74) is 2.03. The highest BCUT2D eigenvalue weighted by atomic mass is 35.5. The highest BCUT2D eigenvalue weighted by molar-refractivity contribution is 6.32. The third-order valence-electron chi connectivity index (χ3n) is 4.50. The third kappa shape index (κ3) is 3.94. The van der Waals surface area contributed by atoms with Crippen molar-refractivity contribution in [3.05, 3.63) is 41.7 Å². The molecule has 0 atom stereocenters. The van der Waals surface area contributed by atoms with Gasteiger partial charge >= 0.3 is 0 Å². The molecule has 6 heteroatoms. The Bertz CT molecular complexity index is 686. The minimum absolute atomic E-state index is 0. The molecule has 1 aliphatic carbocycles. The van der Waals surface area contributed by atoms with Crippen LogP contribution >= 0.6 is 24.0 Å². The van der Waals surface area contributed by atoms with E-state index in [2.05, 4.69) is 24.0 Å². The molecular weight excluding hydrogens is 347 g/mol. The van der Waals surface area contributed by atoms with Crippen molar-refractivity contribution in [2.24, 2.45) is 0 Å². The summed E-state index contributed by atoms with van der Waals surface area (Å²) in [5, 5.41) is 0.469. The van der Waals surface area contributed by atoms with Crippen LogP contribution < -0.4 is 9.47 Å². The largest absolute Gasteiger partial charge is 0.497 e. The van der Waals surface area contributed by atoms with E-state index in [1.807, 2.05) is 30.3 Å². The minimum atomic E-state index is 0. The Labute approximate surface area is 154 Å². The van der Waals surface area contributed by atoms with Crippen molar-refractivity contribution in [1.29, 1.82) is 0 Å². The molecule has 3 rings (SSSR count). The fraction of sp³-hybridized carbons (Fsp3) is 0.389. The lowest BCUT2D eigenvalue weighted by molar-refractivity contribution is 0.167.